The highest BCUT2D eigenvalue weighted by Gasteiger charge is 2.27. The fraction of sp³-hybridized carbons (Fsp3) is 0.571. The second-order valence-corrected chi connectivity index (χ2v) is 4.23. The van der Waals surface area contributed by atoms with Gasteiger partial charge in [0.25, 0.3) is 0 Å². The number of hydrogen-bond donors (Lipinski definition) is 2. The van der Waals surface area contributed by atoms with Crippen LogP contribution in [-0.4, -0.2) is 32.0 Å². The second-order valence-electron chi connectivity index (χ2n) is 3.27. The Labute approximate surface area is 80.0 Å². The maximum Gasteiger partial charge on any atom is 0.309 e. The summed E-state index contributed by atoms with van der Waals surface area (Å²) in [7, 11) is 0. The van der Waals surface area contributed by atoms with Crippen molar-refractivity contribution >= 4 is 17.7 Å². The van der Waals surface area contributed by atoms with Crippen molar-refractivity contribution < 1.29 is 9.90 Å². The van der Waals surface area contributed by atoms with Gasteiger partial charge >= 0.3 is 5.97 Å². The van der Waals surface area contributed by atoms with Gasteiger partial charge in [0, 0.05) is 5.75 Å². The Hall–Kier alpha value is -1.04. The minimum Gasteiger partial charge on any atom is -0.481 e. The van der Waals surface area contributed by atoms with E-state index in [1.54, 1.807) is 13.8 Å². The number of carboxylic acid groups (broad SMARTS) is 1. The van der Waals surface area contributed by atoms with Gasteiger partial charge in [-0.2, -0.15) is 5.10 Å². The van der Waals surface area contributed by atoms with Crippen LogP contribution >= 0.6 is 11.8 Å². The smallest absolute Gasteiger partial charge is 0.309 e. The molecule has 0 unspecified atom stereocenters. The molecule has 0 saturated heterocycles. The number of aromatic amines is 1. The third kappa shape index (κ3) is 2.73. The van der Waals surface area contributed by atoms with E-state index in [1.165, 1.54) is 18.1 Å². The van der Waals surface area contributed by atoms with Crippen LogP contribution in [0.25, 0.3) is 0 Å². The largest absolute Gasteiger partial charge is 0.481 e. The summed E-state index contributed by atoms with van der Waals surface area (Å²) in [6, 6.07) is 0. The normalized spacial score (nSPS) is 11.5. The first-order valence-electron chi connectivity index (χ1n) is 3.74. The van der Waals surface area contributed by atoms with Crippen LogP contribution in [0.2, 0.25) is 0 Å². The zero-order chi connectivity index (χ0) is 9.90. The predicted molar refractivity (Wildman–Crippen MR) is 48.5 cm³/mol. The highest BCUT2D eigenvalue weighted by molar-refractivity contribution is 7.99. The quantitative estimate of drug-likeness (QED) is 0.711. The molecule has 13 heavy (non-hydrogen) atoms. The van der Waals surface area contributed by atoms with Crippen LogP contribution in [0.15, 0.2) is 11.5 Å². The molecule has 1 aromatic rings. The first-order chi connectivity index (χ1) is 6.02. The van der Waals surface area contributed by atoms with Gasteiger partial charge in [-0.15, -0.1) is 0 Å². The maximum absolute atomic E-state index is 10.7. The van der Waals surface area contributed by atoms with E-state index in [4.69, 9.17) is 5.11 Å². The molecule has 1 rings (SSSR count). The van der Waals surface area contributed by atoms with Gasteiger partial charge in [0.05, 0.1) is 5.41 Å². The number of nitrogens with zero attached hydrogens (tertiary/aromatic N) is 2. The molecule has 0 aromatic carbocycles. The molecule has 6 heteroatoms. The standard InChI is InChI=1S/C7H11N3O2S/c1-7(2,5(11)12)3-13-6-8-4-9-10-6/h4H,3H2,1-2H3,(H,11,12)(H,8,9,10). The van der Waals surface area contributed by atoms with Crippen molar-refractivity contribution in [3.05, 3.63) is 6.33 Å². The van der Waals surface area contributed by atoms with Gasteiger partial charge in [-0.05, 0) is 13.8 Å². The van der Waals surface area contributed by atoms with Crippen LogP contribution in [0.1, 0.15) is 13.8 Å². The number of aromatic nitrogens is 3. The fourth-order valence-corrected chi connectivity index (χ4v) is 1.43. The summed E-state index contributed by atoms with van der Waals surface area (Å²) < 4.78 is 0. The van der Waals surface area contributed by atoms with Crippen molar-refractivity contribution in [3.63, 3.8) is 0 Å². The summed E-state index contributed by atoms with van der Waals surface area (Å²) >= 11 is 1.35. The lowest BCUT2D eigenvalue weighted by molar-refractivity contribution is -0.145. The predicted octanol–water partition coefficient (Wildman–Crippen LogP) is 1.01. The highest BCUT2D eigenvalue weighted by atomic mass is 32.2. The number of thioether (sulfide) groups is 1. The summed E-state index contributed by atoms with van der Waals surface area (Å²) in [5.74, 6) is -0.336. The third-order valence-electron chi connectivity index (χ3n) is 1.54. The van der Waals surface area contributed by atoms with Gasteiger partial charge in [0.1, 0.15) is 6.33 Å². The lowest BCUT2D eigenvalue weighted by atomic mass is 9.97. The van der Waals surface area contributed by atoms with Crippen molar-refractivity contribution in [2.75, 3.05) is 5.75 Å². The van der Waals surface area contributed by atoms with E-state index >= 15 is 0 Å². The zero-order valence-corrected chi connectivity index (χ0v) is 8.26. The van der Waals surface area contributed by atoms with Gasteiger partial charge < -0.3 is 5.11 Å². The second kappa shape index (κ2) is 3.78. The van der Waals surface area contributed by atoms with Crippen LogP contribution in [0, 0.1) is 5.41 Å². The number of carbonyl (C=O) groups is 1. The van der Waals surface area contributed by atoms with Crippen molar-refractivity contribution in [2.45, 2.75) is 19.0 Å². The van der Waals surface area contributed by atoms with Gasteiger partial charge in [-0.25, -0.2) is 4.98 Å². The van der Waals surface area contributed by atoms with Crippen molar-refractivity contribution in [2.24, 2.45) is 5.41 Å². The van der Waals surface area contributed by atoms with E-state index in [2.05, 4.69) is 15.2 Å². The monoisotopic (exact) mass is 201 g/mol. The first kappa shape index (κ1) is 10.0. The van der Waals surface area contributed by atoms with E-state index in [0.717, 1.165) is 0 Å². The van der Waals surface area contributed by atoms with Crippen molar-refractivity contribution in [1.82, 2.24) is 15.2 Å². The molecular weight excluding hydrogens is 190 g/mol. The minimum atomic E-state index is -0.806. The summed E-state index contributed by atoms with van der Waals surface area (Å²) in [5.41, 5.74) is -0.739. The Morgan fingerprint density at radius 1 is 1.77 bits per heavy atom. The molecule has 0 bridgehead atoms. The molecule has 0 fully saturated rings. The molecule has 1 heterocycles. The highest BCUT2D eigenvalue weighted by Crippen LogP contribution is 2.24. The first-order valence-corrected chi connectivity index (χ1v) is 4.72. The summed E-state index contributed by atoms with van der Waals surface area (Å²) in [5, 5.41) is 15.8. The van der Waals surface area contributed by atoms with Crippen LogP contribution in [0.4, 0.5) is 0 Å². The minimum absolute atomic E-state index is 0.470. The van der Waals surface area contributed by atoms with Crippen LogP contribution in [-0.2, 0) is 4.79 Å². The maximum atomic E-state index is 10.7. The number of hydrogen-bond acceptors (Lipinski definition) is 4. The lowest BCUT2D eigenvalue weighted by Gasteiger charge is -2.16. The molecule has 0 aliphatic carbocycles. The van der Waals surface area contributed by atoms with E-state index < -0.39 is 11.4 Å². The summed E-state index contributed by atoms with van der Waals surface area (Å²) in [4.78, 5) is 14.6. The Bertz CT molecular complexity index is 284. The number of carboxylic acids is 1. The molecule has 72 valence electrons. The summed E-state index contributed by atoms with van der Waals surface area (Å²) in [6.07, 6.45) is 1.40. The molecule has 0 aliphatic rings. The molecule has 0 radical (unpaired) electrons. The average molecular weight is 201 g/mol. The van der Waals surface area contributed by atoms with Gasteiger partial charge in [0.2, 0.25) is 0 Å². The lowest BCUT2D eigenvalue weighted by Crippen LogP contribution is -2.26. The van der Waals surface area contributed by atoms with Gasteiger partial charge in [-0.1, -0.05) is 11.8 Å². The molecule has 2 N–H and O–H groups in total. The van der Waals surface area contributed by atoms with Crippen molar-refractivity contribution in [3.8, 4) is 0 Å². The van der Waals surface area contributed by atoms with E-state index in [1.807, 2.05) is 0 Å². The van der Waals surface area contributed by atoms with Crippen LogP contribution in [0.5, 0.6) is 0 Å². The number of rotatable bonds is 4. The SMILES string of the molecule is CC(C)(CSc1ncn[nH]1)C(=O)O. The van der Waals surface area contributed by atoms with E-state index in [9.17, 15) is 4.79 Å². The van der Waals surface area contributed by atoms with Crippen molar-refractivity contribution in [1.29, 1.82) is 0 Å². The molecule has 0 spiro atoms. The molecule has 5 nitrogen and oxygen atoms in total. The number of H-pyrrole nitrogens is 1. The Morgan fingerprint density at radius 3 is 2.92 bits per heavy atom. The Balaban J connectivity index is 2.47. The molecule has 1 aromatic heterocycles. The van der Waals surface area contributed by atoms with E-state index in [-0.39, 0.29) is 0 Å². The topological polar surface area (TPSA) is 78.9 Å². The van der Waals surface area contributed by atoms with Crippen LogP contribution < -0.4 is 0 Å². The molecule has 0 aliphatic heterocycles. The number of aliphatic carboxylic acids is 1. The van der Waals surface area contributed by atoms with Crippen LogP contribution in [0.3, 0.4) is 0 Å². The average Bonchev–Trinajstić information content (AvgIpc) is 2.52. The van der Waals surface area contributed by atoms with Gasteiger partial charge in [0.15, 0.2) is 5.16 Å². The molecular formula is C7H11N3O2S. The molecule has 0 atom stereocenters. The Morgan fingerprint density at radius 2 is 2.46 bits per heavy atom. The summed E-state index contributed by atoms with van der Waals surface area (Å²) in [6.45, 7) is 3.36. The number of nitrogens with one attached hydrogen (secondary N) is 1. The third-order valence-corrected chi connectivity index (χ3v) is 2.88. The van der Waals surface area contributed by atoms with E-state index in [0.29, 0.717) is 10.9 Å². The Kier molecular flexibility index (Phi) is 2.92. The molecule has 0 saturated carbocycles. The van der Waals surface area contributed by atoms with Gasteiger partial charge in [-0.3, -0.25) is 9.89 Å². The fourth-order valence-electron chi connectivity index (χ4n) is 0.574. The molecule has 0 amide bonds. The zero-order valence-electron chi connectivity index (χ0n) is 7.44.